The van der Waals surface area contributed by atoms with Crippen molar-refractivity contribution in [2.75, 3.05) is 6.54 Å². The molecule has 0 unspecified atom stereocenters. The highest BCUT2D eigenvalue weighted by Crippen LogP contribution is 2.48. The maximum absolute atomic E-state index is 12.0. The summed E-state index contributed by atoms with van der Waals surface area (Å²) in [5, 5.41) is 4.10. The molecule has 3 rings (SSSR count). The molecule has 0 bridgehead atoms. The molecule has 0 aliphatic heterocycles. The van der Waals surface area contributed by atoms with Crippen LogP contribution in [0.15, 0.2) is 29.1 Å². The van der Waals surface area contributed by atoms with Crippen LogP contribution in [-0.4, -0.2) is 16.5 Å². The molecule has 0 atom stereocenters. The van der Waals surface area contributed by atoms with Crippen LogP contribution in [0.25, 0.3) is 10.9 Å². The van der Waals surface area contributed by atoms with E-state index in [-0.39, 0.29) is 5.56 Å². The van der Waals surface area contributed by atoms with E-state index in [9.17, 15) is 4.79 Å². The number of rotatable bonds is 6. The van der Waals surface area contributed by atoms with Crippen molar-refractivity contribution in [2.24, 2.45) is 5.41 Å². The molecule has 0 amide bonds. The van der Waals surface area contributed by atoms with E-state index in [4.69, 9.17) is 0 Å². The van der Waals surface area contributed by atoms with Crippen LogP contribution in [0, 0.1) is 5.41 Å². The van der Waals surface area contributed by atoms with Gasteiger partial charge in [-0.05, 0) is 36.8 Å². The van der Waals surface area contributed by atoms with Gasteiger partial charge in [0.1, 0.15) is 5.82 Å². The minimum absolute atomic E-state index is 0.0536. The van der Waals surface area contributed by atoms with E-state index in [1.54, 1.807) is 6.07 Å². The zero-order valence-corrected chi connectivity index (χ0v) is 11.9. The molecule has 0 saturated heterocycles. The van der Waals surface area contributed by atoms with Crippen LogP contribution >= 0.6 is 0 Å². The van der Waals surface area contributed by atoms with Gasteiger partial charge in [-0.15, -0.1) is 0 Å². The van der Waals surface area contributed by atoms with Crippen LogP contribution in [0.3, 0.4) is 0 Å². The van der Waals surface area contributed by atoms with E-state index < -0.39 is 0 Å². The second kappa shape index (κ2) is 5.37. The first kappa shape index (κ1) is 13.3. The average Bonchev–Trinajstić information content (AvgIpc) is 3.19. The van der Waals surface area contributed by atoms with Gasteiger partial charge in [-0.2, -0.15) is 0 Å². The number of aromatic amines is 1. The number of nitrogens with one attached hydrogen (secondary N) is 2. The number of benzene rings is 1. The maximum atomic E-state index is 12.0. The first-order valence-corrected chi connectivity index (χ1v) is 7.41. The summed E-state index contributed by atoms with van der Waals surface area (Å²) in [6, 6.07) is 7.46. The van der Waals surface area contributed by atoms with Crippen molar-refractivity contribution in [3.8, 4) is 0 Å². The molecule has 2 N–H and O–H groups in total. The summed E-state index contributed by atoms with van der Waals surface area (Å²) in [6.45, 7) is 3.89. The topological polar surface area (TPSA) is 57.8 Å². The van der Waals surface area contributed by atoms with Crippen molar-refractivity contribution < 1.29 is 0 Å². The van der Waals surface area contributed by atoms with E-state index in [1.165, 1.54) is 25.7 Å². The van der Waals surface area contributed by atoms with E-state index in [1.807, 2.05) is 18.2 Å². The zero-order valence-electron chi connectivity index (χ0n) is 11.9. The van der Waals surface area contributed by atoms with Gasteiger partial charge in [0.25, 0.3) is 5.56 Å². The van der Waals surface area contributed by atoms with Crippen molar-refractivity contribution >= 4 is 10.9 Å². The quantitative estimate of drug-likeness (QED) is 0.849. The fraction of sp³-hybridized carbons (Fsp3) is 0.500. The molecular weight excluding hydrogens is 250 g/mol. The fourth-order valence-corrected chi connectivity index (χ4v) is 2.89. The predicted molar refractivity (Wildman–Crippen MR) is 80.6 cm³/mol. The van der Waals surface area contributed by atoms with Crippen LogP contribution in [0.4, 0.5) is 0 Å². The Morgan fingerprint density at radius 2 is 2.15 bits per heavy atom. The largest absolute Gasteiger partial charge is 0.309 e. The maximum Gasteiger partial charge on any atom is 0.258 e. The molecule has 1 aromatic carbocycles. The average molecular weight is 271 g/mol. The minimum atomic E-state index is -0.0536. The van der Waals surface area contributed by atoms with Crippen molar-refractivity contribution in [3.63, 3.8) is 0 Å². The highest BCUT2D eigenvalue weighted by molar-refractivity contribution is 5.77. The molecule has 1 fully saturated rings. The lowest BCUT2D eigenvalue weighted by molar-refractivity contribution is 0.418. The second-order valence-corrected chi connectivity index (χ2v) is 5.88. The normalized spacial score (nSPS) is 16.4. The number of nitrogens with zero attached hydrogens (tertiary/aromatic N) is 1. The van der Waals surface area contributed by atoms with Gasteiger partial charge in [0.05, 0.1) is 17.4 Å². The highest BCUT2D eigenvalue weighted by atomic mass is 16.1. The van der Waals surface area contributed by atoms with Crippen LogP contribution in [0.2, 0.25) is 0 Å². The van der Waals surface area contributed by atoms with Crippen molar-refractivity contribution in [1.82, 2.24) is 15.3 Å². The summed E-state index contributed by atoms with van der Waals surface area (Å²) in [5.41, 5.74) is 1.23. The standard InChI is InChI=1S/C16H21N3O/c1-2-7-16(8-9-16)11-17-10-14-18-13-6-4-3-5-12(13)15(20)19-14/h3-6,17H,2,7-11H2,1H3,(H,18,19,20). The van der Waals surface area contributed by atoms with Gasteiger partial charge < -0.3 is 10.3 Å². The lowest BCUT2D eigenvalue weighted by Crippen LogP contribution is -2.25. The van der Waals surface area contributed by atoms with E-state index in [0.29, 0.717) is 17.3 Å². The molecule has 1 aliphatic rings. The molecule has 1 aliphatic carbocycles. The summed E-state index contributed by atoms with van der Waals surface area (Å²) in [6.07, 6.45) is 5.19. The first-order chi connectivity index (χ1) is 9.72. The number of hydrogen-bond donors (Lipinski definition) is 2. The fourth-order valence-electron chi connectivity index (χ4n) is 2.89. The van der Waals surface area contributed by atoms with Gasteiger partial charge in [0.15, 0.2) is 0 Å². The lowest BCUT2D eigenvalue weighted by Gasteiger charge is -2.14. The molecule has 2 aromatic rings. The number of aromatic nitrogens is 2. The highest BCUT2D eigenvalue weighted by Gasteiger charge is 2.40. The molecule has 1 saturated carbocycles. The number of H-pyrrole nitrogens is 1. The predicted octanol–water partition coefficient (Wildman–Crippen LogP) is 2.59. The smallest absolute Gasteiger partial charge is 0.258 e. The Balaban J connectivity index is 1.67. The molecule has 106 valence electrons. The lowest BCUT2D eigenvalue weighted by atomic mass is 10.0. The van der Waals surface area contributed by atoms with Gasteiger partial charge in [-0.1, -0.05) is 25.5 Å². The van der Waals surface area contributed by atoms with Crippen molar-refractivity contribution in [2.45, 2.75) is 39.2 Å². The summed E-state index contributed by atoms with van der Waals surface area (Å²) in [5.74, 6) is 0.723. The third kappa shape index (κ3) is 2.75. The van der Waals surface area contributed by atoms with Gasteiger partial charge in [-0.3, -0.25) is 4.79 Å². The van der Waals surface area contributed by atoms with Crippen LogP contribution in [-0.2, 0) is 6.54 Å². The molecule has 0 radical (unpaired) electrons. The first-order valence-electron chi connectivity index (χ1n) is 7.41. The van der Waals surface area contributed by atoms with E-state index in [2.05, 4.69) is 22.2 Å². The Bertz CT molecular complexity index is 658. The van der Waals surface area contributed by atoms with E-state index >= 15 is 0 Å². The Kier molecular flexibility index (Phi) is 3.57. The van der Waals surface area contributed by atoms with Gasteiger partial charge in [-0.25, -0.2) is 4.98 Å². The van der Waals surface area contributed by atoms with Crippen molar-refractivity contribution in [1.29, 1.82) is 0 Å². The van der Waals surface area contributed by atoms with Gasteiger partial charge in [0.2, 0.25) is 0 Å². The van der Waals surface area contributed by atoms with Crippen LogP contribution < -0.4 is 10.9 Å². The number of fused-ring (bicyclic) bond motifs is 1. The van der Waals surface area contributed by atoms with Crippen LogP contribution in [0.5, 0.6) is 0 Å². The van der Waals surface area contributed by atoms with Gasteiger partial charge in [0, 0.05) is 6.54 Å². The SMILES string of the molecule is CCCC1(CNCc2nc3ccccc3c(=O)[nH]2)CC1. The monoisotopic (exact) mass is 271 g/mol. The second-order valence-electron chi connectivity index (χ2n) is 5.88. The molecule has 20 heavy (non-hydrogen) atoms. The van der Waals surface area contributed by atoms with Gasteiger partial charge >= 0.3 is 0 Å². The number of hydrogen-bond acceptors (Lipinski definition) is 3. The molecule has 0 spiro atoms. The zero-order chi connectivity index (χ0) is 14.0. The summed E-state index contributed by atoms with van der Waals surface area (Å²) in [4.78, 5) is 19.3. The summed E-state index contributed by atoms with van der Waals surface area (Å²) in [7, 11) is 0. The van der Waals surface area contributed by atoms with E-state index in [0.717, 1.165) is 17.9 Å². The third-order valence-electron chi connectivity index (χ3n) is 4.19. The molecule has 1 heterocycles. The molecule has 4 heteroatoms. The number of para-hydroxylation sites is 1. The third-order valence-corrected chi connectivity index (χ3v) is 4.19. The van der Waals surface area contributed by atoms with Crippen LogP contribution in [0.1, 0.15) is 38.4 Å². The Morgan fingerprint density at radius 3 is 2.90 bits per heavy atom. The molecule has 4 nitrogen and oxygen atoms in total. The Labute approximate surface area is 118 Å². The minimum Gasteiger partial charge on any atom is -0.309 e. The summed E-state index contributed by atoms with van der Waals surface area (Å²) < 4.78 is 0. The summed E-state index contributed by atoms with van der Waals surface area (Å²) >= 11 is 0. The Hall–Kier alpha value is -1.68. The molecule has 1 aromatic heterocycles. The van der Waals surface area contributed by atoms with Crippen molar-refractivity contribution in [3.05, 3.63) is 40.4 Å². The molecular formula is C16H21N3O. The Morgan fingerprint density at radius 1 is 1.35 bits per heavy atom.